The number of carbonyl (C=O) groups is 1. The number of carbonyl (C=O) groups excluding carboxylic acids is 1. The Morgan fingerprint density at radius 2 is 2.23 bits per heavy atom. The molecule has 2 aromatic rings. The molecule has 0 aromatic carbocycles. The van der Waals surface area contributed by atoms with E-state index >= 15 is 0 Å². The Labute approximate surface area is 162 Å². The van der Waals surface area contributed by atoms with Crippen LogP contribution in [0.4, 0.5) is 5.13 Å². The van der Waals surface area contributed by atoms with E-state index in [4.69, 9.17) is 12.2 Å². The SMILES string of the molecule is C=CCn1c(-c2sc(NC(=O)CCC3CCCCC3)nc2C)n[nH]c1=S. The van der Waals surface area contributed by atoms with Crippen molar-refractivity contribution in [1.29, 1.82) is 0 Å². The first-order chi connectivity index (χ1) is 12.6. The summed E-state index contributed by atoms with van der Waals surface area (Å²) in [6, 6.07) is 0. The van der Waals surface area contributed by atoms with Gasteiger partial charge in [-0.15, -0.1) is 6.58 Å². The van der Waals surface area contributed by atoms with E-state index < -0.39 is 0 Å². The van der Waals surface area contributed by atoms with Gasteiger partial charge >= 0.3 is 0 Å². The molecule has 3 rings (SSSR count). The van der Waals surface area contributed by atoms with Crippen LogP contribution in [0.15, 0.2) is 12.7 Å². The largest absolute Gasteiger partial charge is 0.302 e. The zero-order valence-electron chi connectivity index (χ0n) is 15.1. The van der Waals surface area contributed by atoms with Crippen LogP contribution in [0.2, 0.25) is 0 Å². The lowest BCUT2D eigenvalue weighted by molar-refractivity contribution is -0.116. The summed E-state index contributed by atoms with van der Waals surface area (Å²) in [6.07, 6.45) is 9.79. The topological polar surface area (TPSA) is 75.6 Å². The number of aromatic amines is 1. The Kier molecular flexibility index (Phi) is 6.37. The summed E-state index contributed by atoms with van der Waals surface area (Å²) >= 11 is 6.70. The molecule has 1 saturated carbocycles. The summed E-state index contributed by atoms with van der Waals surface area (Å²) in [7, 11) is 0. The molecule has 0 aliphatic heterocycles. The quantitative estimate of drug-likeness (QED) is 0.522. The first-order valence-electron chi connectivity index (χ1n) is 9.12. The lowest BCUT2D eigenvalue weighted by Gasteiger charge is -2.20. The molecule has 2 aromatic heterocycles. The molecule has 0 unspecified atom stereocenters. The van der Waals surface area contributed by atoms with E-state index in [9.17, 15) is 4.79 Å². The molecule has 0 bridgehead atoms. The van der Waals surface area contributed by atoms with Crippen LogP contribution >= 0.6 is 23.6 Å². The van der Waals surface area contributed by atoms with Crippen molar-refractivity contribution in [2.24, 2.45) is 5.92 Å². The predicted octanol–water partition coefficient (Wildman–Crippen LogP) is 4.86. The molecule has 1 amide bonds. The van der Waals surface area contributed by atoms with E-state index in [0.717, 1.165) is 22.8 Å². The molecule has 0 atom stereocenters. The van der Waals surface area contributed by atoms with Gasteiger partial charge < -0.3 is 5.32 Å². The molecule has 2 heterocycles. The summed E-state index contributed by atoms with van der Waals surface area (Å²) < 4.78 is 2.42. The maximum absolute atomic E-state index is 12.3. The number of H-pyrrole nitrogens is 1. The molecule has 8 heteroatoms. The highest BCUT2D eigenvalue weighted by Crippen LogP contribution is 2.32. The number of anilines is 1. The molecule has 0 spiro atoms. The van der Waals surface area contributed by atoms with Crippen LogP contribution in [-0.4, -0.2) is 25.7 Å². The van der Waals surface area contributed by atoms with Crippen molar-refractivity contribution in [2.45, 2.75) is 58.4 Å². The van der Waals surface area contributed by atoms with E-state index in [1.165, 1.54) is 43.4 Å². The Morgan fingerprint density at radius 1 is 1.46 bits per heavy atom. The number of nitrogens with one attached hydrogen (secondary N) is 2. The van der Waals surface area contributed by atoms with Gasteiger partial charge in [0.25, 0.3) is 0 Å². The Morgan fingerprint density at radius 3 is 2.96 bits per heavy atom. The van der Waals surface area contributed by atoms with Crippen molar-refractivity contribution in [1.82, 2.24) is 19.7 Å². The predicted molar refractivity (Wildman–Crippen MR) is 108 cm³/mol. The van der Waals surface area contributed by atoms with Crippen LogP contribution < -0.4 is 5.32 Å². The lowest BCUT2D eigenvalue weighted by Crippen LogP contribution is -2.14. The molecule has 6 nitrogen and oxygen atoms in total. The van der Waals surface area contributed by atoms with Crippen molar-refractivity contribution in [2.75, 3.05) is 5.32 Å². The number of hydrogen-bond donors (Lipinski definition) is 2. The van der Waals surface area contributed by atoms with Crippen molar-refractivity contribution in [3.05, 3.63) is 23.1 Å². The number of allylic oxidation sites excluding steroid dienone is 1. The van der Waals surface area contributed by atoms with E-state index in [-0.39, 0.29) is 5.91 Å². The molecule has 0 saturated heterocycles. The maximum atomic E-state index is 12.3. The second-order valence-corrected chi connectivity index (χ2v) is 8.16. The number of hydrogen-bond acceptors (Lipinski definition) is 5. The van der Waals surface area contributed by atoms with Gasteiger partial charge in [0.05, 0.1) is 10.6 Å². The number of amides is 1. The molecule has 140 valence electrons. The first-order valence-corrected chi connectivity index (χ1v) is 10.3. The third-order valence-electron chi connectivity index (χ3n) is 4.82. The Bertz CT molecular complexity index is 829. The second kappa shape index (κ2) is 8.73. The van der Waals surface area contributed by atoms with Gasteiger partial charge in [-0.25, -0.2) is 4.98 Å². The molecular formula is C18H25N5OS2. The second-order valence-electron chi connectivity index (χ2n) is 6.78. The summed E-state index contributed by atoms with van der Waals surface area (Å²) in [5.74, 6) is 1.48. The smallest absolute Gasteiger partial charge is 0.226 e. The molecule has 2 N–H and O–H groups in total. The summed E-state index contributed by atoms with van der Waals surface area (Å²) in [6.45, 7) is 6.25. The van der Waals surface area contributed by atoms with Gasteiger partial charge in [0, 0.05) is 13.0 Å². The molecule has 26 heavy (non-hydrogen) atoms. The Hall–Kier alpha value is -1.80. The van der Waals surface area contributed by atoms with Crippen LogP contribution in [-0.2, 0) is 11.3 Å². The van der Waals surface area contributed by atoms with Crippen LogP contribution in [0.25, 0.3) is 10.7 Å². The number of aromatic nitrogens is 4. The van der Waals surface area contributed by atoms with Gasteiger partial charge in [-0.2, -0.15) is 5.10 Å². The van der Waals surface area contributed by atoms with Gasteiger partial charge in [-0.1, -0.05) is 49.5 Å². The van der Waals surface area contributed by atoms with Crippen molar-refractivity contribution >= 4 is 34.6 Å². The van der Waals surface area contributed by atoms with Crippen LogP contribution in [0.5, 0.6) is 0 Å². The summed E-state index contributed by atoms with van der Waals surface area (Å²) in [5.41, 5.74) is 0.830. The fourth-order valence-corrected chi connectivity index (χ4v) is 4.63. The van der Waals surface area contributed by atoms with Gasteiger partial charge in [0.1, 0.15) is 0 Å². The zero-order chi connectivity index (χ0) is 18.5. The molecule has 1 fully saturated rings. The van der Waals surface area contributed by atoms with E-state index in [0.29, 0.717) is 28.8 Å². The zero-order valence-corrected chi connectivity index (χ0v) is 16.7. The molecule has 0 radical (unpaired) electrons. The van der Waals surface area contributed by atoms with Crippen molar-refractivity contribution in [3.63, 3.8) is 0 Å². The van der Waals surface area contributed by atoms with Crippen molar-refractivity contribution in [3.8, 4) is 10.7 Å². The average molecular weight is 392 g/mol. The normalized spacial score (nSPS) is 15.1. The number of rotatable bonds is 7. The fraction of sp³-hybridized carbons (Fsp3) is 0.556. The lowest BCUT2D eigenvalue weighted by atomic mass is 9.86. The third kappa shape index (κ3) is 4.48. The van der Waals surface area contributed by atoms with Gasteiger partial charge in [-0.3, -0.25) is 14.5 Å². The van der Waals surface area contributed by atoms with Gasteiger partial charge in [0.15, 0.2) is 15.7 Å². The number of thiazole rings is 1. The van der Waals surface area contributed by atoms with E-state index in [2.05, 4.69) is 27.1 Å². The minimum absolute atomic E-state index is 0.0424. The van der Waals surface area contributed by atoms with Gasteiger partial charge in [-0.05, 0) is 31.5 Å². The van der Waals surface area contributed by atoms with E-state index in [1.807, 2.05) is 11.5 Å². The molecular weight excluding hydrogens is 366 g/mol. The first kappa shape index (κ1) is 19.0. The van der Waals surface area contributed by atoms with E-state index in [1.54, 1.807) is 6.08 Å². The summed E-state index contributed by atoms with van der Waals surface area (Å²) in [4.78, 5) is 17.7. The van der Waals surface area contributed by atoms with Crippen molar-refractivity contribution < 1.29 is 4.79 Å². The monoisotopic (exact) mass is 391 g/mol. The van der Waals surface area contributed by atoms with Crippen LogP contribution in [0.1, 0.15) is 50.6 Å². The third-order valence-corrected chi connectivity index (χ3v) is 6.20. The minimum atomic E-state index is 0.0424. The highest BCUT2D eigenvalue weighted by molar-refractivity contribution is 7.71. The fourth-order valence-electron chi connectivity index (χ4n) is 3.44. The highest BCUT2D eigenvalue weighted by atomic mass is 32.1. The average Bonchev–Trinajstić information content (AvgIpc) is 3.17. The maximum Gasteiger partial charge on any atom is 0.226 e. The minimum Gasteiger partial charge on any atom is -0.302 e. The molecule has 1 aliphatic carbocycles. The Balaban J connectivity index is 1.65. The van der Waals surface area contributed by atoms with Crippen LogP contribution in [0.3, 0.4) is 0 Å². The van der Waals surface area contributed by atoms with Gasteiger partial charge in [0.2, 0.25) is 5.91 Å². The number of aryl methyl sites for hydroxylation is 1. The molecule has 1 aliphatic rings. The summed E-state index contributed by atoms with van der Waals surface area (Å²) in [5, 5.41) is 10.7. The van der Waals surface area contributed by atoms with Crippen LogP contribution in [0, 0.1) is 17.6 Å². The highest BCUT2D eigenvalue weighted by Gasteiger charge is 2.18. The standard InChI is InChI=1S/C18H25N5OS2/c1-3-11-23-16(21-22-18(23)25)15-12(2)19-17(26-15)20-14(24)10-9-13-7-5-4-6-8-13/h3,13H,1,4-11H2,2H3,(H,22,25)(H,19,20,24). The number of nitrogens with zero attached hydrogens (tertiary/aromatic N) is 3.